The van der Waals surface area contributed by atoms with Gasteiger partial charge in [0.2, 0.25) is 0 Å². The van der Waals surface area contributed by atoms with Crippen LogP contribution in [-0.2, 0) is 4.79 Å². The van der Waals surface area contributed by atoms with Gasteiger partial charge in [0.25, 0.3) is 0 Å². The van der Waals surface area contributed by atoms with E-state index in [9.17, 15) is 18.4 Å². The molecule has 1 aromatic carbocycles. The lowest BCUT2D eigenvalue weighted by Crippen LogP contribution is -2.17. The fraction of sp³-hybridized carbons (Fsp3) is 0.100. The molecule has 0 radical (unpaired) electrons. The molecule has 1 aromatic heterocycles. The highest BCUT2D eigenvalue weighted by Gasteiger charge is 2.16. The number of carbonyl (C=O) groups is 1. The number of halogens is 2. The van der Waals surface area contributed by atoms with Crippen LogP contribution >= 0.6 is 11.8 Å². The van der Waals surface area contributed by atoms with Gasteiger partial charge in [-0.3, -0.25) is 4.79 Å². The normalized spacial score (nSPS) is 10.6. The Balaban J connectivity index is 2.46. The minimum Gasteiger partial charge on any atom is -0.481 e. The molecule has 2 N–H and O–H groups in total. The summed E-state index contributed by atoms with van der Waals surface area (Å²) in [6.45, 7) is 0. The zero-order valence-electron chi connectivity index (χ0n) is 9.26. The summed E-state index contributed by atoms with van der Waals surface area (Å²) in [7, 11) is 0. The zero-order valence-corrected chi connectivity index (χ0v) is 10.1. The number of rotatable bonds is 4. The summed E-state index contributed by atoms with van der Waals surface area (Å²) in [6, 6.07) is 2.69. The van der Waals surface area contributed by atoms with Gasteiger partial charge in [-0.25, -0.2) is 23.2 Å². The lowest BCUT2D eigenvalue weighted by Gasteiger charge is -2.05. The maximum absolute atomic E-state index is 13.6. The van der Waals surface area contributed by atoms with Crippen LogP contribution < -0.4 is 5.69 Å². The van der Waals surface area contributed by atoms with Crippen molar-refractivity contribution >= 4 is 17.7 Å². The molecule has 0 unspecified atom stereocenters. The maximum Gasteiger partial charge on any atom is 0.348 e. The van der Waals surface area contributed by atoms with Crippen molar-refractivity contribution in [1.82, 2.24) is 14.8 Å². The molecule has 2 rings (SSSR count). The van der Waals surface area contributed by atoms with E-state index in [1.807, 2.05) is 0 Å². The average Bonchev–Trinajstić information content (AvgIpc) is 2.68. The molecule has 100 valence electrons. The predicted octanol–water partition coefficient (Wildman–Crippen LogP) is 1.02. The third kappa shape index (κ3) is 2.81. The van der Waals surface area contributed by atoms with E-state index in [1.165, 1.54) is 0 Å². The van der Waals surface area contributed by atoms with Crippen molar-refractivity contribution in [3.05, 3.63) is 40.3 Å². The van der Waals surface area contributed by atoms with E-state index < -0.39 is 23.3 Å². The van der Waals surface area contributed by atoms with Crippen molar-refractivity contribution in [2.45, 2.75) is 5.16 Å². The van der Waals surface area contributed by atoms with Crippen LogP contribution in [0, 0.1) is 11.6 Å². The van der Waals surface area contributed by atoms with E-state index in [1.54, 1.807) is 0 Å². The molecule has 9 heteroatoms. The van der Waals surface area contributed by atoms with Gasteiger partial charge < -0.3 is 5.11 Å². The fourth-order valence-electron chi connectivity index (χ4n) is 1.38. The number of H-pyrrole nitrogens is 1. The molecule has 2 aromatic rings. The Labute approximate surface area is 109 Å². The number of thioether (sulfide) groups is 1. The third-order valence-corrected chi connectivity index (χ3v) is 3.04. The van der Waals surface area contributed by atoms with E-state index in [0.717, 1.165) is 28.5 Å². The van der Waals surface area contributed by atoms with E-state index in [2.05, 4.69) is 10.2 Å². The molecule has 0 saturated heterocycles. The lowest BCUT2D eigenvalue weighted by molar-refractivity contribution is -0.133. The Morgan fingerprint density at radius 3 is 2.84 bits per heavy atom. The van der Waals surface area contributed by atoms with Crippen LogP contribution in [0.4, 0.5) is 8.78 Å². The van der Waals surface area contributed by atoms with Gasteiger partial charge in [-0.05, 0) is 12.1 Å². The van der Waals surface area contributed by atoms with Gasteiger partial charge in [0, 0.05) is 6.07 Å². The van der Waals surface area contributed by atoms with Crippen LogP contribution in [0.25, 0.3) is 5.69 Å². The highest BCUT2D eigenvalue weighted by molar-refractivity contribution is 7.99. The quantitative estimate of drug-likeness (QED) is 0.820. The van der Waals surface area contributed by atoms with Crippen LogP contribution in [0.1, 0.15) is 0 Å². The van der Waals surface area contributed by atoms with Crippen molar-refractivity contribution in [3.63, 3.8) is 0 Å². The number of aliphatic carboxylic acids is 1. The van der Waals surface area contributed by atoms with Crippen LogP contribution in [0.5, 0.6) is 0 Å². The first-order chi connectivity index (χ1) is 8.99. The Morgan fingerprint density at radius 2 is 2.21 bits per heavy atom. The number of hydrogen-bond acceptors (Lipinski definition) is 4. The smallest absolute Gasteiger partial charge is 0.348 e. The molecule has 0 spiro atoms. The number of benzene rings is 1. The predicted molar refractivity (Wildman–Crippen MR) is 62.5 cm³/mol. The molecular weight excluding hydrogens is 280 g/mol. The second kappa shape index (κ2) is 5.22. The third-order valence-electron chi connectivity index (χ3n) is 2.12. The van der Waals surface area contributed by atoms with Crippen LogP contribution in [0.15, 0.2) is 28.2 Å². The molecule has 0 aliphatic heterocycles. The molecule has 0 amide bonds. The van der Waals surface area contributed by atoms with Gasteiger partial charge in [-0.1, -0.05) is 11.8 Å². The fourth-order valence-corrected chi connectivity index (χ4v) is 2.05. The van der Waals surface area contributed by atoms with Crippen molar-refractivity contribution < 1.29 is 18.7 Å². The van der Waals surface area contributed by atoms with Crippen molar-refractivity contribution in [2.24, 2.45) is 0 Å². The monoisotopic (exact) mass is 287 g/mol. The summed E-state index contributed by atoms with van der Waals surface area (Å²) in [6.07, 6.45) is 0. The number of carboxylic acids is 1. The van der Waals surface area contributed by atoms with Gasteiger partial charge in [0.1, 0.15) is 11.6 Å². The standard InChI is InChI=1S/C10H7F2N3O3S/c11-5-1-2-7(6(12)3-5)15-9(18)13-14-10(15)19-4-8(16)17/h1-3H,4H2,(H,13,18)(H,16,17). The molecule has 0 aliphatic carbocycles. The second-order valence-electron chi connectivity index (χ2n) is 3.42. The Kier molecular flexibility index (Phi) is 3.65. The van der Waals surface area contributed by atoms with Gasteiger partial charge in [-0.2, -0.15) is 0 Å². The van der Waals surface area contributed by atoms with Crippen molar-refractivity contribution in [3.8, 4) is 5.69 Å². The van der Waals surface area contributed by atoms with Gasteiger partial charge in [0.15, 0.2) is 5.16 Å². The summed E-state index contributed by atoms with van der Waals surface area (Å²) in [5.74, 6) is -3.17. The molecule has 6 nitrogen and oxygen atoms in total. The number of hydrogen-bond donors (Lipinski definition) is 2. The number of aromatic amines is 1. The molecule has 0 atom stereocenters. The van der Waals surface area contributed by atoms with Gasteiger partial charge in [-0.15, -0.1) is 5.10 Å². The first-order valence-electron chi connectivity index (χ1n) is 4.96. The second-order valence-corrected chi connectivity index (χ2v) is 4.37. The SMILES string of the molecule is O=C(O)CSc1n[nH]c(=O)n1-c1ccc(F)cc1F. The first-order valence-corrected chi connectivity index (χ1v) is 5.95. The van der Waals surface area contributed by atoms with Gasteiger partial charge >= 0.3 is 11.7 Å². The summed E-state index contributed by atoms with van der Waals surface area (Å²) in [5.41, 5.74) is -0.938. The summed E-state index contributed by atoms with van der Waals surface area (Å²) in [4.78, 5) is 22.0. The van der Waals surface area contributed by atoms with Crippen molar-refractivity contribution in [1.29, 1.82) is 0 Å². The maximum atomic E-state index is 13.6. The topological polar surface area (TPSA) is 88.0 Å². The summed E-state index contributed by atoms with van der Waals surface area (Å²) < 4.78 is 27.3. The van der Waals surface area contributed by atoms with Crippen LogP contribution in [-0.4, -0.2) is 31.6 Å². The highest BCUT2D eigenvalue weighted by Crippen LogP contribution is 2.20. The number of carboxylic acid groups (broad SMARTS) is 1. The minimum atomic E-state index is -1.11. The molecule has 0 fully saturated rings. The Bertz CT molecular complexity index is 683. The first kappa shape index (κ1) is 13.3. The van der Waals surface area contributed by atoms with Crippen LogP contribution in [0.3, 0.4) is 0 Å². The highest BCUT2D eigenvalue weighted by atomic mass is 32.2. The summed E-state index contributed by atoms with van der Waals surface area (Å²) in [5, 5.41) is 14.2. The molecule has 0 bridgehead atoms. The molecule has 19 heavy (non-hydrogen) atoms. The van der Waals surface area contributed by atoms with E-state index in [4.69, 9.17) is 5.11 Å². The van der Waals surface area contributed by atoms with Crippen LogP contribution in [0.2, 0.25) is 0 Å². The average molecular weight is 287 g/mol. The minimum absolute atomic E-state index is 0.0158. The summed E-state index contributed by atoms with van der Waals surface area (Å²) >= 11 is 0.744. The number of aromatic nitrogens is 3. The zero-order chi connectivity index (χ0) is 14.0. The number of nitrogens with zero attached hydrogens (tertiary/aromatic N) is 2. The van der Waals surface area contributed by atoms with Gasteiger partial charge in [0.05, 0.1) is 11.4 Å². The van der Waals surface area contributed by atoms with E-state index in [-0.39, 0.29) is 16.6 Å². The molecule has 0 saturated carbocycles. The van der Waals surface area contributed by atoms with E-state index in [0.29, 0.717) is 6.07 Å². The molecular formula is C10H7F2N3O3S. The van der Waals surface area contributed by atoms with E-state index >= 15 is 0 Å². The van der Waals surface area contributed by atoms with Crippen molar-refractivity contribution in [2.75, 3.05) is 5.75 Å². The largest absolute Gasteiger partial charge is 0.481 e. The Morgan fingerprint density at radius 1 is 1.47 bits per heavy atom. The molecule has 0 aliphatic rings. The molecule has 1 heterocycles. The Hall–Kier alpha value is -2.16. The number of nitrogens with one attached hydrogen (secondary N) is 1. The lowest BCUT2D eigenvalue weighted by atomic mass is 10.3.